The van der Waals surface area contributed by atoms with Crippen LogP contribution in [0.15, 0.2) is 12.1 Å². The fourth-order valence-electron chi connectivity index (χ4n) is 2.00. The number of hydrogen-bond donors (Lipinski definition) is 2. The summed E-state index contributed by atoms with van der Waals surface area (Å²) in [4.78, 5) is 13.9. The number of nitrogens with two attached hydrogens (primary N) is 1. The molecule has 1 aromatic heterocycles. The summed E-state index contributed by atoms with van der Waals surface area (Å²) in [6.45, 7) is 1.34. The first-order chi connectivity index (χ1) is 8.74. The Bertz CT molecular complexity index is 408. The molecule has 0 aliphatic carbocycles. The topological polar surface area (TPSA) is 93.4 Å². The Morgan fingerprint density at radius 3 is 3.00 bits per heavy atom. The van der Waals surface area contributed by atoms with Gasteiger partial charge in [0.05, 0.1) is 6.10 Å². The summed E-state index contributed by atoms with van der Waals surface area (Å²) in [7, 11) is 1.67. The van der Waals surface area contributed by atoms with Gasteiger partial charge in [0.15, 0.2) is 11.5 Å². The van der Waals surface area contributed by atoms with Crippen molar-refractivity contribution >= 4 is 11.7 Å². The zero-order valence-electron chi connectivity index (χ0n) is 10.3. The maximum atomic E-state index is 12.2. The van der Waals surface area contributed by atoms with E-state index in [0.29, 0.717) is 18.1 Å². The van der Waals surface area contributed by atoms with E-state index in [4.69, 9.17) is 10.6 Å². The number of amides is 1. The van der Waals surface area contributed by atoms with E-state index in [2.05, 4.69) is 15.6 Å². The van der Waals surface area contributed by atoms with E-state index in [-0.39, 0.29) is 12.0 Å². The SMILES string of the molecule is COC1CCCN(C(=O)c2ccc(NN)nn2)C1. The van der Waals surface area contributed by atoms with E-state index in [1.165, 1.54) is 0 Å². The number of piperidine rings is 1. The average molecular weight is 251 g/mol. The van der Waals surface area contributed by atoms with Crippen molar-refractivity contribution in [3.05, 3.63) is 17.8 Å². The van der Waals surface area contributed by atoms with Crippen molar-refractivity contribution in [2.45, 2.75) is 18.9 Å². The summed E-state index contributed by atoms with van der Waals surface area (Å²) in [5, 5.41) is 7.64. The molecule has 1 unspecified atom stereocenters. The van der Waals surface area contributed by atoms with Crippen molar-refractivity contribution in [3.63, 3.8) is 0 Å². The molecule has 98 valence electrons. The number of nitrogens with zero attached hydrogens (tertiary/aromatic N) is 3. The Morgan fingerprint density at radius 2 is 2.39 bits per heavy atom. The predicted octanol–water partition coefficient (Wildman–Crippen LogP) is 0.0132. The van der Waals surface area contributed by atoms with Gasteiger partial charge >= 0.3 is 0 Å². The molecule has 3 N–H and O–H groups in total. The second-order valence-corrected chi connectivity index (χ2v) is 4.20. The van der Waals surface area contributed by atoms with Crippen molar-refractivity contribution in [1.82, 2.24) is 15.1 Å². The van der Waals surface area contributed by atoms with Gasteiger partial charge in [-0.15, -0.1) is 10.2 Å². The first kappa shape index (κ1) is 12.7. The van der Waals surface area contributed by atoms with Crippen molar-refractivity contribution < 1.29 is 9.53 Å². The molecule has 0 aromatic carbocycles. The van der Waals surface area contributed by atoms with E-state index < -0.39 is 0 Å². The third kappa shape index (κ3) is 2.74. The van der Waals surface area contributed by atoms with E-state index in [0.717, 1.165) is 19.4 Å². The molecule has 18 heavy (non-hydrogen) atoms. The van der Waals surface area contributed by atoms with Crippen molar-refractivity contribution in [2.24, 2.45) is 5.84 Å². The lowest BCUT2D eigenvalue weighted by molar-refractivity contribution is 0.0265. The number of ether oxygens (including phenoxy) is 1. The molecular formula is C11H17N5O2. The Balaban J connectivity index is 2.05. The van der Waals surface area contributed by atoms with Crippen LogP contribution >= 0.6 is 0 Å². The highest BCUT2D eigenvalue weighted by molar-refractivity contribution is 5.92. The van der Waals surface area contributed by atoms with E-state index in [1.807, 2.05) is 0 Å². The van der Waals surface area contributed by atoms with Crippen LogP contribution in [-0.2, 0) is 4.74 Å². The molecule has 0 radical (unpaired) electrons. The smallest absolute Gasteiger partial charge is 0.274 e. The first-order valence-electron chi connectivity index (χ1n) is 5.87. The number of rotatable bonds is 3. The van der Waals surface area contributed by atoms with Crippen molar-refractivity contribution in [2.75, 3.05) is 25.6 Å². The minimum atomic E-state index is -0.118. The molecule has 1 amide bonds. The highest BCUT2D eigenvalue weighted by Crippen LogP contribution is 2.14. The fourth-order valence-corrected chi connectivity index (χ4v) is 2.00. The number of nitrogens with one attached hydrogen (secondary N) is 1. The standard InChI is InChI=1S/C11H17N5O2/c1-18-8-3-2-6-16(7-8)11(17)9-4-5-10(13-12)15-14-9/h4-5,8H,2-3,6-7,12H2,1H3,(H,13,15). The molecule has 1 fully saturated rings. The molecule has 0 saturated carbocycles. The summed E-state index contributed by atoms with van der Waals surface area (Å²) in [5.41, 5.74) is 2.70. The lowest BCUT2D eigenvalue weighted by Gasteiger charge is -2.31. The molecule has 7 heteroatoms. The van der Waals surface area contributed by atoms with Crippen LogP contribution in [0.5, 0.6) is 0 Å². The van der Waals surface area contributed by atoms with Gasteiger partial charge in [0.1, 0.15) is 0 Å². The van der Waals surface area contributed by atoms with Crippen LogP contribution in [0.3, 0.4) is 0 Å². The number of carbonyl (C=O) groups excluding carboxylic acids is 1. The highest BCUT2D eigenvalue weighted by atomic mass is 16.5. The van der Waals surface area contributed by atoms with Gasteiger partial charge in [-0.05, 0) is 25.0 Å². The minimum absolute atomic E-state index is 0.112. The molecule has 2 heterocycles. The predicted molar refractivity (Wildman–Crippen MR) is 65.8 cm³/mol. The number of anilines is 1. The molecule has 0 spiro atoms. The van der Waals surface area contributed by atoms with Gasteiger partial charge in [0, 0.05) is 20.2 Å². The van der Waals surface area contributed by atoms with E-state index >= 15 is 0 Å². The average Bonchev–Trinajstić information content (AvgIpc) is 2.46. The molecule has 1 saturated heterocycles. The maximum Gasteiger partial charge on any atom is 0.274 e. The van der Waals surface area contributed by atoms with Crippen LogP contribution in [-0.4, -0.2) is 47.3 Å². The zero-order valence-corrected chi connectivity index (χ0v) is 10.3. The number of methoxy groups -OCH3 is 1. The summed E-state index contributed by atoms with van der Waals surface area (Å²) in [6.07, 6.45) is 2.04. The number of nitrogen functional groups attached to an aromatic ring is 1. The molecule has 1 atom stereocenters. The molecule has 1 aliphatic rings. The number of likely N-dealkylation sites (tertiary alicyclic amines) is 1. The summed E-state index contributed by atoms with van der Waals surface area (Å²) >= 11 is 0. The lowest BCUT2D eigenvalue weighted by atomic mass is 10.1. The van der Waals surface area contributed by atoms with Crippen LogP contribution in [0, 0.1) is 0 Å². The van der Waals surface area contributed by atoms with Crippen molar-refractivity contribution in [1.29, 1.82) is 0 Å². The van der Waals surface area contributed by atoms with Gasteiger partial charge in [-0.1, -0.05) is 0 Å². The van der Waals surface area contributed by atoms with Gasteiger partial charge < -0.3 is 15.1 Å². The Morgan fingerprint density at radius 1 is 1.56 bits per heavy atom. The third-order valence-electron chi connectivity index (χ3n) is 3.03. The molecular weight excluding hydrogens is 234 g/mol. The van der Waals surface area contributed by atoms with Crippen LogP contribution in [0.1, 0.15) is 23.3 Å². The first-order valence-corrected chi connectivity index (χ1v) is 5.87. The van der Waals surface area contributed by atoms with Crippen LogP contribution in [0.25, 0.3) is 0 Å². The van der Waals surface area contributed by atoms with Gasteiger partial charge in [0.2, 0.25) is 0 Å². The number of hydrogen-bond acceptors (Lipinski definition) is 6. The van der Waals surface area contributed by atoms with Gasteiger partial charge in [-0.2, -0.15) is 0 Å². The van der Waals surface area contributed by atoms with E-state index in [1.54, 1.807) is 24.1 Å². The minimum Gasteiger partial charge on any atom is -0.380 e. The van der Waals surface area contributed by atoms with E-state index in [9.17, 15) is 4.79 Å². The zero-order chi connectivity index (χ0) is 13.0. The van der Waals surface area contributed by atoms with Gasteiger partial charge in [-0.3, -0.25) is 4.79 Å². The highest BCUT2D eigenvalue weighted by Gasteiger charge is 2.25. The molecule has 1 aliphatic heterocycles. The maximum absolute atomic E-state index is 12.2. The second kappa shape index (κ2) is 5.74. The van der Waals surface area contributed by atoms with Crippen LogP contribution in [0.4, 0.5) is 5.82 Å². The Hall–Kier alpha value is -1.73. The van der Waals surface area contributed by atoms with Gasteiger partial charge in [0.25, 0.3) is 5.91 Å². The van der Waals surface area contributed by atoms with Gasteiger partial charge in [-0.25, -0.2) is 5.84 Å². The fraction of sp³-hybridized carbons (Fsp3) is 0.545. The van der Waals surface area contributed by atoms with Crippen molar-refractivity contribution in [3.8, 4) is 0 Å². The lowest BCUT2D eigenvalue weighted by Crippen LogP contribution is -2.43. The normalized spacial score (nSPS) is 19.7. The Kier molecular flexibility index (Phi) is 4.06. The summed E-state index contributed by atoms with van der Waals surface area (Å²) in [5.74, 6) is 5.50. The quantitative estimate of drug-likeness (QED) is 0.581. The number of aromatic nitrogens is 2. The third-order valence-corrected chi connectivity index (χ3v) is 3.03. The second-order valence-electron chi connectivity index (χ2n) is 4.20. The number of carbonyl (C=O) groups is 1. The van der Waals surface area contributed by atoms with Crippen LogP contribution < -0.4 is 11.3 Å². The molecule has 2 rings (SSSR count). The summed E-state index contributed by atoms with van der Waals surface area (Å²) < 4.78 is 5.29. The number of hydrazine groups is 1. The largest absolute Gasteiger partial charge is 0.380 e. The monoisotopic (exact) mass is 251 g/mol. The molecule has 1 aromatic rings. The summed E-state index contributed by atoms with van der Waals surface area (Å²) in [6, 6.07) is 3.24. The Labute approximate surface area is 105 Å². The van der Waals surface area contributed by atoms with Crippen LogP contribution in [0.2, 0.25) is 0 Å². The molecule has 0 bridgehead atoms. The molecule has 7 nitrogen and oxygen atoms in total.